The van der Waals surface area contributed by atoms with Gasteiger partial charge in [0.1, 0.15) is 5.60 Å². The SMILES string of the molecule is Cc1ccc2c[c]n(C(=O)OC(C)(C)C)c2c1. The van der Waals surface area contributed by atoms with Gasteiger partial charge in [-0.15, -0.1) is 0 Å². The van der Waals surface area contributed by atoms with Crippen LogP contribution in [0.4, 0.5) is 4.79 Å². The number of nitrogens with zero attached hydrogens (tertiary/aromatic N) is 1. The molecule has 0 spiro atoms. The summed E-state index contributed by atoms with van der Waals surface area (Å²) < 4.78 is 6.75. The number of hydrogen-bond acceptors (Lipinski definition) is 2. The van der Waals surface area contributed by atoms with Crippen LogP contribution in [0.5, 0.6) is 0 Å². The summed E-state index contributed by atoms with van der Waals surface area (Å²) in [7, 11) is 0. The predicted molar refractivity (Wildman–Crippen MR) is 67.1 cm³/mol. The highest BCUT2D eigenvalue weighted by molar-refractivity contribution is 5.89. The number of aromatic nitrogens is 1. The summed E-state index contributed by atoms with van der Waals surface area (Å²) in [4.78, 5) is 12.0. The Labute approximate surface area is 101 Å². The fourth-order valence-electron chi connectivity index (χ4n) is 1.63. The summed E-state index contributed by atoms with van der Waals surface area (Å²) in [6.45, 7) is 7.54. The fraction of sp³-hybridized carbons (Fsp3) is 0.357. The molecule has 17 heavy (non-hydrogen) atoms. The molecule has 1 aromatic carbocycles. The van der Waals surface area contributed by atoms with Crippen LogP contribution >= 0.6 is 0 Å². The molecule has 0 unspecified atom stereocenters. The number of carbonyl (C=O) groups excluding carboxylic acids is 1. The highest BCUT2D eigenvalue weighted by Gasteiger charge is 2.19. The third kappa shape index (κ3) is 2.49. The zero-order valence-electron chi connectivity index (χ0n) is 10.6. The van der Waals surface area contributed by atoms with Crippen LogP contribution in [-0.2, 0) is 4.74 Å². The third-order valence-electron chi connectivity index (χ3n) is 2.35. The molecule has 2 rings (SSSR count). The van der Waals surface area contributed by atoms with Gasteiger partial charge in [-0.3, -0.25) is 0 Å². The van der Waals surface area contributed by atoms with Crippen LogP contribution in [0, 0.1) is 13.1 Å². The Morgan fingerprint density at radius 3 is 2.71 bits per heavy atom. The molecule has 89 valence electrons. The van der Waals surface area contributed by atoms with Gasteiger partial charge < -0.3 is 4.74 Å². The van der Waals surface area contributed by atoms with Crippen molar-refractivity contribution >= 4 is 17.0 Å². The topological polar surface area (TPSA) is 31.2 Å². The molecular weight excluding hydrogens is 214 g/mol. The van der Waals surface area contributed by atoms with Crippen LogP contribution < -0.4 is 0 Å². The number of carbonyl (C=O) groups is 1. The van der Waals surface area contributed by atoms with E-state index in [1.165, 1.54) is 4.57 Å². The van der Waals surface area contributed by atoms with Gasteiger partial charge in [0.05, 0.1) is 11.7 Å². The second-order valence-corrected chi connectivity index (χ2v) is 5.15. The molecule has 0 aliphatic carbocycles. The van der Waals surface area contributed by atoms with Crippen molar-refractivity contribution in [3.05, 3.63) is 36.0 Å². The molecule has 3 heteroatoms. The van der Waals surface area contributed by atoms with Crippen LogP contribution in [0.25, 0.3) is 10.9 Å². The third-order valence-corrected chi connectivity index (χ3v) is 2.35. The van der Waals surface area contributed by atoms with Gasteiger partial charge in [-0.1, -0.05) is 12.1 Å². The van der Waals surface area contributed by atoms with E-state index in [0.29, 0.717) is 0 Å². The van der Waals surface area contributed by atoms with E-state index in [1.54, 1.807) is 6.07 Å². The Kier molecular flexibility index (Phi) is 2.69. The van der Waals surface area contributed by atoms with Gasteiger partial charge in [0.2, 0.25) is 0 Å². The predicted octanol–water partition coefficient (Wildman–Crippen LogP) is 3.53. The van der Waals surface area contributed by atoms with E-state index >= 15 is 0 Å². The minimum atomic E-state index is -0.495. The van der Waals surface area contributed by atoms with Gasteiger partial charge in [-0.2, -0.15) is 0 Å². The summed E-state index contributed by atoms with van der Waals surface area (Å²) in [5.74, 6) is 0. The molecule has 1 radical (unpaired) electrons. The summed E-state index contributed by atoms with van der Waals surface area (Å²) in [6.07, 6.45) is 2.51. The first-order valence-corrected chi connectivity index (χ1v) is 5.60. The van der Waals surface area contributed by atoms with Crippen molar-refractivity contribution in [3.63, 3.8) is 0 Å². The quantitative estimate of drug-likeness (QED) is 0.693. The van der Waals surface area contributed by atoms with Crippen LogP contribution in [0.1, 0.15) is 26.3 Å². The zero-order chi connectivity index (χ0) is 12.6. The van der Waals surface area contributed by atoms with Crippen LogP contribution in [0.2, 0.25) is 0 Å². The summed E-state index contributed by atoms with van der Waals surface area (Å²) in [6, 6.07) is 7.73. The van der Waals surface area contributed by atoms with Gasteiger partial charge in [-0.25, -0.2) is 9.36 Å². The molecular formula is C14H16NO2. The van der Waals surface area contributed by atoms with Crippen molar-refractivity contribution in [1.29, 1.82) is 0 Å². The molecule has 1 aromatic heterocycles. The smallest absolute Gasteiger partial charge is 0.419 e. The molecule has 0 N–H and O–H groups in total. The molecule has 0 saturated heterocycles. The minimum Gasteiger partial charge on any atom is -0.443 e. The lowest BCUT2D eigenvalue weighted by Crippen LogP contribution is -2.26. The van der Waals surface area contributed by atoms with E-state index in [4.69, 9.17) is 4.74 Å². The van der Waals surface area contributed by atoms with Gasteiger partial charge in [0.15, 0.2) is 0 Å². The highest BCUT2D eigenvalue weighted by Crippen LogP contribution is 2.18. The Hall–Kier alpha value is -1.77. The van der Waals surface area contributed by atoms with Crippen molar-refractivity contribution in [3.8, 4) is 0 Å². The molecule has 1 heterocycles. The molecule has 0 bridgehead atoms. The van der Waals surface area contributed by atoms with Gasteiger partial charge in [0, 0.05) is 5.39 Å². The second-order valence-electron chi connectivity index (χ2n) is 5.15. The van der Waals surface area contributed by atoms with Gasteiger partial charge >= 0.3 is 6.09 Å². The molecule has 0 fully saturated rings. The maximum absolute atomic E-state index is 12.0. The summed E-state index contributed by atoms with van der Waals surface area (Å²) in [5, 5.41) is 0.987. The van der Waals surface area contributed by atoms with E-state index in [1.807, 2.05) is 45.9 Å². The van der Waals surface area contributed by atoms with Crippen molar-refractivity contribution in [1.82, 2.24) is 4.57 Å². The van der Waals surface area contributed by atoms with Crippen LogP contribution in [0.15, 0.2) is 24.3 Å². The summed E-state index contributed by atoms with van der Waals surface area (Å²) >= 11 is 0. The monoisotopic (exact) mass is 230 g/mol. The summed E-state index contributed by atoms with van der Waals surface area (Å²) in [5.41, 5.74) is 1.44. The Balaban J connectivity index is 2.42. The Bertz CT molecular complexity index is 561. The number of hydrogen-bond donors (Lipinski definition) is 0. The lowest BCUT2D eigenvalue weighted by atomic mass is 10.2. The largest absolute Gasteiger partial charge is 0.443 e. The number of ether oxygens (including phenoxy) is 1. The Morgan fingerprint density at radius 2 is 2.06 bits per heavy atom. The first kappa shape index (κ1) is 11.7. The molecule has 0 aliphatic rings. The zero-order valence-corrected chi connectivity index (χ0v) is 10.6. The van der Waals surface area contributed by atoms with Crippen molar-refractivity contribution in [2.45, 2.75) is 33.3 Å². The molecule has 0 aliphatic heterocycles. The van der Waals surface area contributed by atoms with E-state index in [0.717, 1.165) is 16.5 Å². The van der Waals surface area contributed by atoms with E-state index in [2.05, 4.69) is 6.20 Å². The molecule has 3 nitrogen and oxygen atoms in total. The minimum absolute atomic E-state index is 0.391. The van der Waals surface area contributed by atoms with Crippen molar-refractivity contribution in [2.24, 2.45) is 0 Å². The second kappa shape index (κ2) is 3.91. The average molecular weight is 230 g/mol. The van der Waals surface area contributed by atoms with Gasteiger partial charge in [-0.05, 0) is 45.4 Å². The van der Waals surface area contributed by atoms with Crippen molar-refractivity contribution in [2.75, 3.05) is 0 Å². The maximum Gasteiger partial charge on any atom is 0.419 e. The molecule has 2 aromatic rings. The van der Waals surface area contributed by atoms with E-state index in [-0.39, 0.29) is 0 Å². The number of aryl methyl sites for hydroxylation is 1. The lowest BCUT2D eigenvalue weighted by molar-refractivity contribution is 0.0543. The maximum atomic E-state index is 12.0. The van der Waals surface area contributed by atoms with Crippen molar-refractivity contribution < 1.29 is 9.53 Å². The van der Waals surface area contributed by atoms with Crippen LogP contribution in [-0.4, -0.2) is 16.3 Å². The molecule has 0 atom stereocenters. The highest BCUT2D eigenvalue weighted by atomic mass is 16.6. The van der Waals surface area contributed by atoms with Gasteiger partial charge in [0.25, 0.3) is 0 Å². The molecule has 0 saturated carbocycles. The fourth-order valence-corrected chi connectivity index (χ4v) is 1.63. The van der Waals surface area contributed by atoms with E-state index in [9.17, 15) is 4.79 Å². The lowest BCUT2D eigenvalue weighted by Gasteiger charge is -2.19. The Morgan fingerprint density at radius 1 is 1.35 bits per heavy atom. The normalized spacial score (nSPS) is 11.8. The molecule has 0 amide bonds. The number of benzene rings is 1. The number of fused-ring (bicyclic) bond motifs is 1. The average Bonchev–Trinajstić information content (AvgIpc) is 2.57. The number of rotatable bonds is 0. The first-order valence-electron chi connectivity index (χ1n) is 5.60. The van der Waals surface area contributed by atoms with Crippen LogP contribution in [0.3, 0.4) is 0 Å². The first-order chi connectivity index (χ1) is 7.87. The standard InChI is InChI=1S/C14H16NO2/c1-10-5-6-11-7-8-15(12(11)9-10)13(16)17-14(2,3)4/h5-7,9H,1-4H3. The van der Waals surface area contributed by atoms with E-state index < -0.39 is 11.7 Å².